The van der Waals surface area contributed by atoms with Crippen molar-refractivity contribution < 1.29 is 4.79 Å². The molecule has 160 valence electrons. The van der Waals surface area contributed by atoms with E-state index in [1.807, 2.05) is 43.3 Å². The van der Waals surface area contributed by atoms with Gasteiger partial charge in [-0.05, 0) is 64.8 Å². The van der Waals surface area contributed by atoms with Crippen LogP contribution in [-0.4, -0.2) is 48.0 Å². The number of hydrogen-bond donors (Lipinski definition) is 1. The smallest absolute Gasteiger partial charge is 0.234 e. The number of nitrogens with zero attached hydrogens (tertiary/aromatic N) is 4. The lowest BCUT2D eigenvalue weighted by molar-refractivity contribution is -0.113. The molecule has 0 spiro atoms. The maximum absolute atomic E-state index is 12.3. The Balaban J connectivity index is 1.26. The molecule has 0 bridgehead atoms. The van der Waals surface area contributed by atoms with Crippen molar-refractivity contribution in [2.45, 2.75) is 11.9 Å². The van der Waals surface area contributed by atoms with Crippen molar-refractivity contribution in [2.75, 3.05) is 47.0 Å². The van der Waals surface area contributed by atoms with Gasteiger partial charge in [-0.2, -0.15) is 0 Å². The fourth-order valence-electron chi connectivity index (χ4n) is 3.44. The van der Waals surface area contributed by atoms with E-state index < -0.39 is 0 Å². The summed E-state index contributed by atoms with van der Waals surface area (Å²) < 4.78 is 0.877. The summed E-state index contributed by atoms with van der Waals surface area (Å²) in [6.07, 6.45) is 0. The average Bonchev–Trinajstić information content (AvgIpc) is 2.81. The maximum Gasteiger partial charge on any atom is 0.234 e. The molecule has 1 saturated heterocycles. The molecule has 0 saturated carbocycles. The normalized spacial score (nSPS) is 13.9. The average molecular weight is 498 g/mol. The number of aryl methyl sites for hydroxylation is 1. The molecule has 1 aliphatic rings. The standard InChI is InChI=1S/C23H24BrN5OS/c1-17-7-8-20(19(24)15-17)25-22(30)16-31-23-10-9-21(26-27-23)29-13-11-28(12-14-29)18-5-3-2-4-6-18/h2-10,15H,11-14,16H2,1H3,(H,25,30). The SMILES string of the molecule is Cc1ccc(NC(=O)CSc2ccc(N3CCN(c4ccccc4)CC3)nn2)c(Br)c1. The van der Waals surface area contributed by atoms with E-state index >= 15 is 0 Å². The van der Waals surface area contributed by atoms with Gasteiger partial charge in [-0.1, -0.05) is 36.0 Å². The molecule has 31 heavy (non-hydrogen) atoms. The van der Waals surface area contributed by atoms with Crippen molar-refractivity contribution in [3.63, 3.8) is 0 Å². The Kier molecular flexibility index (Phi) is 7.09. The third kappa shape index (κ3) is 5.77. The molecule has 0 aliphatic carbocycles. The second-order valence-corrected chi connectivity index (χ2v) is 9.21. The largest absolute Gasteiger partial charge is 0.368 e. The van der Waals surface area contributed by atoms with Gasteiger partial charge < -0.3 is 15.1 Å². The first-order valence-electron chi connectivity index (χ1n) is 10.2. The van der Waals surface area contributed by atoms with E-state index in [0.717, 1.165) is 52.7 Å². The summed E-state index contributed by atoms with van der Waals surface area (Å²) >= 11 is 4.86. The van der Waals surface area contributed by atoms with E-state index in [-0.39, 0.29) is 11.7 Å². The highest BCUT2D eigenvalue weighted by Crippen LogP contribution is 2.24. The van der Waals surface area contributed by atoms with Gasteiger partial charge in [0.05, 0.1) is 11.4 Å². The molecule has 0 unspecified atom stereocenters. The van der Waals surface area contributed by atoms with Gasteiger partial charge >= 0.3 is 0 Å². The molecule has 1 N–H and O–H groups in total. The number of carbonyl (C=O) groups excluding carboxylic acids is 1. The van der Waals surface area contributed by atoms with Crippen molar-refractivity contribution in [2.24, 2.45) is 0 Å². The molecule has 1 aromatic heterocycles. The quantitative estimate of drug-likeness (QED) is 0.502. The van der Waals surface area contributed by atoms with E-state index in [0.29, 0.717) is 0 Å². The third-order valence-corrected chi connectivity index (χ3v) is 6.68. The van der Waals surface area contributed by atoms with Crippen molar-refractivity contribution in [1.82, 2.24) is 10.2 Å². The number of rotatable bonds is 6. The molecule has 1 amide bonds. The maximum atomic E-state index is 12.3. The minimum atomic E-state index is -0.0718. The topological polar surface area (TPSA) is 61.4 Å². The number of anilines is 3. The Hall–Kier alpha value is -2.58. The number of nitrogens with one attached hydrogen (secondary N) is 1. The first-order chi connectivity index (χ1) is 15.1. The van der Waals surface area contributed by atoms with Crippen molar-refractivity contribution >= 4 is 50.8 Å². The van der Waals surface area contributed by atoms with Crippen LogP contribution in [0.1, 0.15) is 5.56 Å². The summed E-state index contributed by atoms with van der Waals surface area (Å²) in [5.41, 5.74) is 3.17. The van der Waals surface area contributed by atoms with E-state index in [9.17, 15) is 4.79 Å². The fourth-order valence-corrected chi connectivity index (χ4v) is 4.64. The van der Waals surface area contributed by atoms with Crippen molar-refractivity contribution in [1.29, 1.82) is 0 Å². The Morgan fingerprint density at radius 3 is 2.42 bits per heavy atom. The van der Waals surface area contributed by atoms with Crippen LogP contribution in [0, 0.1) is 6.92 Å². The molecule has 3 aromatic rings. The summed E-state index contributed by atoms with van der Waals surface area (Å²) in [5.74, 6) is 1.09. The number of amides is 1. The lowest BCUT2D eigenvalue weighted by atomic mass is 10.2. The number of benzene rings is 2. The Labute approximate surface area is 195 Å². The van der Waals surface area contributed by atoms with E-state index in [1.165, 1.54) is 17.4 Å². The molecule has 8 heteroatoms. The van der Waals surface area contributed by atoms with Crippen LogP contribution in [0.5, 0.6) is 0 Å². The zero-order valence-electron chi connectivity index (χ0n) is 17.3. The zero-order chi connectivity index (χ0) is 21.6. The predicted octanol–water partition coefficient (Wildman–Crippen LogP) is 4.60. The first kappa shape index (κ1) is 21.6. The van der Waals surface area contributed by atoms with Crippen molar-refractivity contribution in [3.05, 3.63) is 70.7 Å². The van der Waals surface area contributed by atoms with Crippen LogP contribution < -0.4 is 15.1 Å². The van der Waals surface area contributed by atoms with Crippen LogP contribution in [0.3, 0.4) is 0 Å². The molecule has 1 fully saturated rings. The summed E-state index contributed by atoms with van der Waals surface area (Å²) in [4.78, 5) is 16.9. The number of hydrogen-bond acceptors (Lipinski definition) is 6. The van der Waals surface area contributed by atoms with E-state index in [2.05, 4.69) is 65.5 Å². The summed E-state index contributed by atoms with van der Waals surface area (Å²) in [6, 6.07) is 20.3. The van der Waals surface area contributed by atoms with Crippen LogP contribution in [0.15, 0.2) is 70.2 Å². The van der Waals surface area contributed by atoms with Crippen LogP contribution >= 0.6 is 27.7 Å². The van der Waals surface area contributed by atoms with E-state index in [1.54, 1.807) is 0 Å². The molecular weight excluding hydrogens is 474 g/mol. The fraction of sp³-hybridized carbons (Fsp3) is 0.261. The highest BCUT2D eigenvalue weighted by Gasteiger charge is 2.18. The van der Waals surface area contributed by atoms with Gasteiger partial charge in [-0.25, -0.2) is 0 Å². The molecule has 0 atom stereocenters. The zero-order valence-corrected chi connectivity index (χ0v) is 19.7. The minimum absolute atomic E-state index is 0.0718. The highest BCUT2D eigenvalue weighted by molar-refractivity contribution is 9.10. The lowest BCUT2D eigenvalue weighted by Gasteiger charge is -2.36. The Morgan fingerprint density at radius 1 is 1.00 bits per heavy atom. The summed E-state index contributed by atoms with van der Waals surface area (Å²) in [5, 5.41) is 12.4. The number of carbonyl (C=O) groups is 1. The third-order valence-electron chi connectivity index (χ3n) is 5.10. The Morgan fingerprint density at radius 2 is 1.74 bits per heavy atom. The molecule has 6 nitrogen and oxygen atoms in total. The first-order valence-corrected chi connectivity index (χ1v) is 11.9. The van der Waals surface area contributed by atoms with Gasteiger partial charge in [-0.15, -0.1) is 10.2 Å². The summed E-state index contributed by atoms with van der Waals surface area (Å²) in [7, 11) is 0. The van der Waals surface area contributed by atoms with Gasteiger partial charge in [0.15, 0.2) is 5.82 Å². The second-order valence-electron chi connectivity index (χ2n) is 7.36. The van der Waals surface area contributed by atoms with Crippen LogP contribution in [0.25, 0.3) is 0 Å². The highest BCUT2D eigenvalue weighted by atomic mass is 79.9. The molecule has 0 radical (unpaired) electrons. The molecule has 1 aliphatic heterocycles. The molecule has 2 heterocycles. The van der Waals surface area contributed by atoms with Crippen LogP contribution in [0.4, 0.5) is 17.2 Å². The number of halogens is 1. The lowest BCUT2D eigenvalue weighted by Crippen LogP contribution is -2.46. The molecule has 2 aromatic carbocycles. The number of para-hydroxylation sites is 1. The van der Waals surface area contributed by atoms with Gasteiger partial charge in [0, 0.05) is 36.3 Å². The van der Waals surface area contributed by atoms with Gasteiger partial charge in [-0.3, -0.25) is 4.79 Å². The predicted molar refractivity (Wildman–Crippen MR) is 131 cm³/mol. The second kappa shape index (κ2) is 10.2. The number of aromatic nitrogens is 2. The van der Waals surface area contributed by atoms with Gasteiger partial charge in [0.1, 0.15) is 5.03 Å². The van der Waals surface area contributed by atoms with Crippen LogP contribution in [0.2, 0.25) is 0 Å². The van der Waals surface area contributed by atoms with Crippen LogP contribution in [-0.2, 0) is 4.79 Å². The summed E-state index contributed by atoms with van der Waals surface area (Å²) in [6.45, 7) is 5.74. The number of thioether (sulfide) groups is 1. The van der Waals surface area contributed by atoms with Gasteiger partial charge in [0.25, 0.3) is 0 Å². The minimum Gasteiger partial charge on any atom is -0.368 e. The molecular formula is C23H24BrN5OS. The molecule has 4 rings (SSSR count). The monoisotopic (exact) mass is 497 g/mol. The van der Waals surface area contributed by atoms with E-state index in [4.69, 9.17) is 0 Å². The number of piperazine rings is 1. The Bertz CT molecular complexity index is 1020. The van der Waals surface area contributed by atoms with Gasteiger partial charge in [0.2, 0.25) is 5.91 Å². The van der Waals surface area contributed by atoms with Crippen molar-refractivity contribution in [3.8, 4) is 0 Å².